The first-order valence-electron chi connectivity index (χ1n) is 6.23. The molecule has 0 heterocycles. The number of hydrogen-bond donors (Lipinski definition) is 3. The summed E-state index contributed by atoms with van der Waals surface area (Å²) in [6, 6.07) is 12.8. The molecule has 0 amide bonds. The van der Waals surface area contributed by atoms with Crippen LogP contribution in [0.1, 0.15) is 0 Å². The highest BCUT2D eigenvalue weighted by atomic mass is 32.2. The van der Waals surface area contributed by atoms with E-state index in [4.69, 9.17) is 10.5 Å². The Balaban J connectivity index is 1.91. The highest BCUT2D eigenvalue weighted by Crippen LogP contribution is 2.20. The predicted molar refractivity (Wildman–Crippen MR) is 81.9 cm³/mol. The molecule has 0 aliphatic heterocycles. The molecule has 2 rings (SSSR count). The smallest absolute Gasteiger partial charge is 0.236 e. The molecule has 0 saturated carbocycles. The molecule has 4 N–H and O–H groups in total. The van der Waals surface area contributed by atoms with Crippen LogP contribution in [0.15, 0.2) is 48.5 Å². The standard InChI is InChI=1S/C14H16N2O4S/c15-13-6-1-2-7-14(13)20-8-9-21(18,19)16-11-4-3-5-12(17)10-11/h1-7,10,16-17H,8-9,15H2. The van der Waals surface area contributed by atoms with E-state index in [1.807, 2.05) is 0 Å². The van der Waals surface area contributed by atoms with Crippen LogP contribution in [-0.4, -0.2) is 25.9 Å². The van der Waals surface area contributed by atoms with E-state index >= 15 is 0 Å². The molecule has 0 aliphatic carbocycles. The van der Waals surface area contributed by atoms with E-state index in [-0.39, 0.29) is 18.1 Å². The number of hydrogen-bond acceptors (Lipinski definition) is 5. The molecule has 0 radical (unpaired) electrons. The summed E-state index contributed by atoms with van der Waals surface area (Å²) < 4.78 is 31.5. The number of nitrogens with two attached hydrogens (primary N) is 1. The number of benzene rings is 2. The molecule has 0 bridgehead atoms. The lowest BCUT2D eigenvalue weighted by Crippen LogP contribution is -2.21. The van der Waals surface area contributed by atoms with Crippen LogP contribution in [0.3, 0.4) is 0 Å². The van der Waals surface area contributed by atoms with Crippen molar-refractivity contribution < 1.29 is 18.3 Å². The number of sulfonamides is 1. The summed E-state index contributed by atoms with van der Waals surface area (Å²) in [6.07, 6.45) is 0. The second kappa shape index (κ2) is 6.36. The summed E-state index contributed by atoms with van der Waals surface area (Å²) in [5.74, 6) is 0.213. The normalized spacial score (nSPS) is 11.0. The number of ether oxygens (including phenoxy) is 1. The molecular formula is C14H16N2O4S. The fourth-order valence-corrected chi connectivity index (χ4v) is 2.56. The molecule has 0 atom stereocenters. The first kappa shape index (κ1) is 15.0. The van der Waals surface area contributed by atoms with Gasteiger partial charge in [0.25, 0.3) is 0 Å². The molecule has 6 nitrogen and oxygen atoms in total. The number of nitrogen functional groups attached to an aromatic ring is 1. The van der Waals surface area contributed by atoms with Gasteiger partial charge in [0.15, 0.2) is 0 Å². The third-order valence-corrected chi connectivity index (χ3v) is 3.90. The Morgan fingerprint density at radius 3 is 2.62 bits per heavy atom. The Hall–Kier alpha value is -2.41. The largest absolute Gasteiger partial charge is 0.508 e. The van der Waals surface area contributed by atoms with Crippen LogP contribution in [0.2, 0.25) is 0 Å². The summed E-state index contributed by atoms with van der Waals surface area (Å²) >= 11 is 0. The zero-order chi connectivity index (χ0) is 15.3. The van der Waals surface area contributed by atoms with E-state index in [2.05, 4.69) is 4.72 Å². The van der Waals surface area contributed by atoms with Crippen molar-refractivity contribution in [2.45, 2.75) is 0 Å². The van der Waals surface area contributed by atoms with Crippen LogP contribution in [0.25, 0.3) is 0 Å². The van der Waals surface area contributed by atoms with Crippen LogP contribution < -0.4 is 15.2 Å². The van der Waals surface area contributed by atoms with Gasteiger partial charge in [0, 0.05) is 6.07 Å². The van der Waals surface area contributed by atoms with Gasteiger partial charge in [-0.15, -0.1) is 0 Å². The summed E-state index contributed by atoms with van der Waals surface area (Å²) in [7, 11) is -3.56. The minimum atomic E-state index is -3.56. The number of phenolic OH excluding ortho intramolecular Hbond substituents is 1. The maximum atomic E-state index is 11.9. The van der Waals surface area contributed by atoms with E-state index in [9.17, 15) is 13.5 Å². The van der Waals surface area contributed by atoms with E-state index in [0.717, 1.165) is 0 Å². The van der Waals surface area contributed by atoms with Crippen LogP contribution >= 0.6 is 0 Å². The fourth-order valence-electron chi connectivity index (χ4n) is 1.67. The van der Waals surface area contributed by atoms with Crippen molar-refractivity contribution in [3.8, 4) is 11.5 Å². The lowest BCUT2D eigenvalue weighted by atomic mass is 10.3. The van der Waals surface area contributed by atoms with Gasteiger partial charge in [-0.3, -0.25) is 4.72 Å². The predicted octanol–water partition coefficient (Wildman–Crippen LogP) is 1.80. The molecule has 2 aromatic rings. The molecule has 21 heavy (non-hydrogen) atoms. The molecule has 2 aromatic carbocycles. The molecule has 0 aliphatic rings. The van der Waals surface area contributed by atoms with Crippen molar-refractivity contribution in [1.29, 1.82) is 0 Å². The molecule has 0 spiro atoms. The topological polar surface area (TPSA) is 102 Å². The highest BCUT2D eigenvalue weighted by molar-refractivity contribution is 7.92. The van der Waals surface area contributed by atoms with Crippen LogP contribution in [-0.2, 0) is 10.0 Å². The zero-order valence-corrected chi connectivity index (χ0v) is 12.0. The quantitative estimate of drug-likeness (QED) is 0.706. The molecule has 112 valence electrons. The third-order valence-electron chi connectivity index (χ3n) is 2.65. The second-order valence-corrected chi connectivity index (χ2v) is 6.20. The molecule has 7 heteroatoms. The average molecular weight is 308 g/mol. The highest BCUT2D eigenvalue weighted by Gasteiger charge is 2.11. The van der Waals surface area contributed by atoms with Crippen molar-refractivity contribution in [3.05, 3.63) is 48.5 Å². The molecular weight excluding hydrogens is 292 g/mol. The monoisotopic (exact) mass is 308 g/mol. The Bertz CT molecular complexity index is 716. The van der Waals surface area contributed by atoms with Crippen LogP contribution in [0, 0.1) is 0 Å². The maximum Gasteiger partial charge on any atom is 0.236 e. The first-order chi connectivity index (χ1) is 9.96. The average Bonchev–Trinajstić information content (AvgIpc) is 2.40. The summed E-state index contributed by atoms with van der Waals surface area (Å²) in [5.41, 5.74) is 6.45. The van der Waals surface area contributed by atoms with E-state index in [1.165, 1.54) is 12.1 Å². The Morgan fingerprint density at radius 1 is 1.14 bits per heavy atom. The maximum absolute atomic E-state index is 11.9. The Labute approximate surface area is 123 Å². The van der Waals surface area contributed by atoms with Crippen molar-refractivity contribution in [3.63, 3.8) is 0 Å². The van der Waals surface area contributed by atoms with Gasteiger partial charge in [0.1, 0.15) is 23.9 Å². The lowest BCUT2D eigenvalue weighted by molar-refractivity contribution is 0.343. The SMILES string of the molecule is Nc1ccccc1OCCS(=O)(=O)Nc1cccc(O)c1. The Morgan fingerprint density at radius 2 is 1.90 bits per heavy atom. The van der Waals surface area contributed by atoms with Gasteiger partial charge in [-0.05, 0) is 24.3 Å². The van der Waals surface area contributed by atoms with Gasteiger partial charge in [-0.25, -0.2) is 8.42 Å². The van der Waals surface area contributed by atoms with E-state index in [1.54, 1.807) is 36.4 Å². The number of aromatic hydroxyl groups is 1. The molecule has 0 unspecified atom stereocenters. The molecule has 0 saturated heterocycles. The van der Waals surface area contributed by atoms with Gasteiger partial charge in [-0.2, -0.15) is 0 Å². The lowest BCUT2D eigenvalue weighted by Gasteiger charge is -2.10. The zero-order valence-electron chi connectivity index (χ0n) is 11.2. The summed E-state index contributed by atoms with van der Waals surface area (Å²) in [6.45, 7) is -0.0254. The number of phenols is 1. The van der Waals surface area contributed by atoms with Crippen molar-refractivity contribution in [1.82, 2.24) is 0 Å². The summed E-state index contributed by atoms with van der Waals surface area (Å²) in [4.78, 5) is 0. The van der Waals surface area contributed by atoms with Gasteiger partial charge < -0.3 is 15.6 Å². The van der Waals surface area contributed by atoms with Crippen molar-refractivity contribution in [2.75, 3.05) is 22.8 Å². The van der Waals surface area contributed by atoms with Crippen molar-refractivity contribution >= 4 is 21.4 Å². The van der Waals surface area contributed by atoms with Gasteiger partial charge in [0.2, 0.25) is 10.0 Å². The first-order valence-corrected chi connectivity index (χ1v) is 7.88. The molecule has 0 aromatic heterocycles. The summed E-state index contributed by atoms with van der Waals surface area (Å²) in [5, 5.41) is 9.29. The second-order valence-electron chi connectivity index (χ2n) is 4.36. The van der Waals surface area contributed by atoms with Crippen LogP contribution in [0.5, 0.6) is 11.5 Å². The number of rotatable bonds is 6. The molecule has 0 fully saturated rings. The van der Waals surface area contributed by atoms with E-state index < -0.39 is 10.0 Å². The number of anilines is 2. The van der Waals surface area contributed by atoms with Crippen LogP contribution in [0.4, 0.5) is 11.4 Å². The Kier molecular flexibility index (Phi) is 4.54. The third kappa shape index (κ3) is 4.57. The number of para-hydroxylation sites is 2. The number of nitrogens with one attached hydrogen (secondary N) is 1. The minimum Gasteiger partial charge on any atom is -0.508 e. The van der Waals surface area contributed by atoms with Gasteiger partial charge in [-0.1, -0.05) is 18.2 Å². The van der Waals surface area contributed by atoms with Gasteiger partial charge in [0.05, 0.1) is 11.4 Å². The fraction of sp³-hybridized carbons (Fsp3) is 0.143. The minimum absolute atomic E-state index is 0.0106. The van der Waals surface area contributed by atoms with Gasteiger partial charge >= 0.3 is 0 Å². The van der Waals surface area contributed by atoms with E-state index in [0.29, 0.717) is 17.1 Å². The van der Waals surface area contributed by atoms with Crippen molar-refractivity contribution in [2.24, 2.45) is 0 Å².